The Labute approximate surface area is 317 Å². The number of hydrogen-bond acceptors (Lipinski definition) is 3. The minimum Gasteiger partial charge on any atom is -0.480 e. The van der Waals surface area contributed by atoms with E-state index in [9.17, 15) is 19.5 Å². The summed E-state index contributed by atoms with van der Waals surface area (Å²) in [6.45, 7) is 8.29. The summed E-state index contributed by atoms with van der Waals surface area (Å²) in [5.74, 6) is -1.21. The van der Waals surface area contributed by atoms with Crippen molar-refractivity contribution in [2.75, 3.05) is 13.1 Å². The van der Waals surface area contributed by atoms with Gasteiger partial charge in [-0.05, 0) is 25.7 Å². The molecule has 0 spiro atoms. The first-order chi connectivity index (χ1) is 25.0. The zero-order valence-corrected chi connectivity index (χ0v) is 34.6. The predicted octanol–water partition coefficient (Wildman–Crippen LogP) is 13.5. The molecule has 0 saturated heterocycles. The van der Waals surface area contributed by atoms with Gasteiger partial charge in [-0.15, -0.1) is 0 Å². The van der Waals surface area contributed by atoms with Crippen LogP contribution >= 0.6 is 0 Å². The van der Waals surface area contributed by atoms with Crippen molar-refractivity contribution in [3.8, 4) is 0 Å². The fourth-order valence-corrected chi connectivity index (χ4v) is 7.19. The van der Waals surface area contributed by atoms with Crippen LogP contribution in [0.15, 0.2) is 0 Å². The van der Waals surface area contributed by atoms with Gasteiger partial charge in [0.1, 0.15) is 6.04 Å². The van der Waals surface area contributed by atoms with Crippen LogP contribution in [0.4, 0.5) is 0 Å². The van der Waals surface area contributed by atoms with Gasteiger partial charge in [0.05, 0.1) is 0 Å². The second-order valence-electron chi connectivity index (χ2n) is 15.7. The molecular formula is C45H88N2O4. The second-order valence-corrected chi connectivity index (χ2v) is 15.7. The fourth-order valence-electron chi connectivity index (χ4n) is 7.19. The minimum absolute atomic E-state index is 0.0422. The van der Waals surface area contributed by atoms with Gasteiger partial charge in [-0.25, -0.2) is 4.79 Å². The van der Waals surface area contributed by atoms with Crippen LogP contribution in [0, 0.1) is 0 Å². The average Bonchev–Trinajstić information content (AvgIpc) is 3.12. The highest BCUT2D eigenvalue weighted by Gasteiger charge is 2.22. The zero-order valence-electron chi connectivity index (χ0n) is 34.6. The van der Waals surface area contributed by atoms with Crippen molar-refractivity contribution in [1.82, 2.24) is 10.2 Å². The largest absolute Gasteiger partial charge is 0.480 e. The number of aliphatic carboxylic acids is 1. The van der Waals surface area contributed by atoms with Crippen LogP contribution in [0.5, 0.6) is 0 Å². The predicted molar refractivity (Wildman–Crippen MR) is 219 cm³/mol. The molecule has 0 aliphatic carbocycles. The van der Waals surface area contributed by atoms with Crippen LogP contribution in [0.2, 0.25) is 0 Å². The summed E-state index contributed by atoms with van der Waals surface area (Å²) in [5, 5.41) is 12.5. The Morgan fingerprint density at radius 3 is 1.04 bits per heavy atom. The van der Waals surface area contributed by atoms with E-state index >= 15 is 0 Å². The Bertz CT molecular complexity index is 745. The summed E-state index contributed by atoms with van der Waals surface area (Å²) in [7, 11) is 0. The molecule has 0 aromatic heterocycles. The first-order valence-electron chi connectivity index (χ1n) is 22.8. The number of carboxylic acids is 1. The molecule has 0 aliphatic heterocycles. The van der Waals surface area contributed by atoms with Crippen LogP contribution in [0.1, 0.15) is 252 Å². The quantitative estimate of drug-likeness (QED) is 0.0616. The maximum Gasteiger partial charge on any atom is 0.326 e. The number of hydrogen-bond donors (Lipinski definition) is 2. The lowest BCUT2D eigenvalue weighted by atomic mass is 10.0. The Hall–Kier alpha value is -1.59. The molecule has 0 bridgehead atoms. The Balaban J connectivity index is 4.53. The van der Waals surface area contributed by atoms with E-state index in [4.69, 9.17) is 0 Å². The molecule has 0 saturated carbocycles. The van der Waals surface area contributed by atoms with Crippen LogP contribution in [-0.2, 0) is 14.4 Å². The third kappa shape index (κ3) is 35.2. The number of carbonyl (C=O) groups is 3. The lowest BCUT2D eigenvalue weighted by Gasteiger charge is -2.24. The molecule has 2 N–H and O–H groups in total. The molecule has 0 fully saturated rings. The van der Waals surface area contributed by atoms with Crippen LogP contribution in [0.3, 0.4) is 0 Å². The molecule has 0 heterocycles. The summed E-state index contributed by atoms with van der Waals surface area (Å²) in [5.41, 5.74) is 0. The average molecular weight is 721 g/mol. The Kier molecular flexibility index (Phi) is 38.4. The first-order valence-corrected chi connectivity index (χ1v) is 22.8. The highest BCUT2D eigenvalue weighted by molar-refractivity contribution is 5.84. The van der Waals surface area contributed by atoms with Crippen molar-refractivity contribution >= 4 is 17.8 Å². The van der Waals surface area contributed by atoms with E-state index in [0.717, 1.165) is 58.0 Å². The third-order valence-electron chi connectivity index (χ3n) is 10.7. The number of nitrogens with one attached hydrogen (secondary N) is 1. The standard InChI is InChI=1S/C45H88N2O4/c1-4-7-10-13-16-19-21-23-26-29-32-35-40-47(41-36-33-30-27-24-22-20-17-14-11-8-5-2)44(49)39-38-42(45(50)51)46-43(48)37-34-31-28-25-18-15-12-9-6-3/h42H,4-41H2,1-3H3,(H,46,48)(H,50,51)/t42-/m0/s1. The minimum atomic E-state index is -1.04. The van der Waals surface area contributed by atoms with E-state index in [1.54, 1.807) is 0 Å². The summed E-state index contributed by atoms with van der Waals surface area (Å²) in [6, 6.07) is -1.000. The van der Waals surface area contributed by atoms with Crippen molar-refractivity contribution in [3.63, 3.8) is 0 Å². The van der Waals surface area contributed by atoms with Crippen molar-refractivity contribution in [1.29, 1.82) is 0 Å². The zero-order chi connectivity index (χ0) is 37.5. The smallest absolute Gasteiger partial charge is 0.326 e. The topological polar surface area (TPSA) is 86.7 Å². The van der Waals surface area contributed by atoms with E-state index < -0.39 is 12.0 Å². The Morgan fingerprint density at radius 1 is 0.431 bits per heavy atom. The van der Waals surface area contributed by atoms with Gasteiger partial charge in [-0.3, -0.25) is 9.59 Å². The van der Waals surface area contributed by atoms with Gasteiger partial charge >= 0.3 is 5.97 Å². The monoisotopic (exact) mass is 721 g/mol. The molecule has 2 amide bonds. The first kappa shape index (κ1) is 49.4. The lowest BCUT2D eigenvalue weighted by molar-refractivity contribution is -0.142. The highest BCUT2D eigenvalue weighted by atomic mass is 16.4. The highest BCUT2D eigenvalue weighted by Crippen LogP contribution is 2.16. The molecule has 0 rings (SSSR count). The molecule has 0 aliphatic rings. The van der Waals surface area contributed by atoms with Gasteiger partial charge in [-0.2, -0.15) is 0 Å². The van der Waals surface area contributed by atoms with Gasteiger partial charge in [0, 0.05) is 25.9 Å². The van der Waals surface area contributed by atoms with E-state index in [0.29, 0.717) is 6.42 Å². The molecule has 0 aromatic carbocycles. The molecule has 0 radical (unpaired) electrons. The SMILES string of the molecule is CCCCCCCCCCCCCCN(CCCCCCCCCCCCCC)C(=O)CC[C@H](NC(=O)CCCCCCCCCCC)C(=O)O. The third-order valence-corrected chi connectivity index (χ3v) is 10.7. The normalized spacial score (nSPS) is 11.9. The van der Waals surface area contributed by atoms with Crippen LogP contribution in [-0.4, -0.2) is 46.9 Å². The van der Waals surface area contributed by atoms with Crippen molar-refractivity contribution in [2.45, 2.75) is 258 Å². The molecule has 6 nitrogen and oxygen atoms in total. The molecule has 0 unspecified atom stereocenters. The van der Waals surface area contributed by atoms with Gasteiger partial charge in [0.25, 0.3) is 0 Å². The number of amides is 2. The van der Waals surface area contributed by atoms with E-state index in [1.807, 2.05) is 4.90 Å². The summed E-state index contributed by atoms with van der Waals surface area (Å²) < 4.78 is 0. The van der Waals surface area contributed by atoms with E-state index in [2.05, 4.69) is 26.1 Å². The molecular weight excluding hydrogens is 633 g/mol. The van der Waals surface area contributed by atoms with E-state index in [1.165, 1.54) is 167 Å². The van der Waals surface area contributed by atoms with Gasteiger partial charge in [0.15, 0.2) is 0 Å². The maximum absolute atomic E-state index is 13.4. The van der Waals surface area contributed by atoms with Crippen molar-refractivity contribution in [3.05, 3.63) is 0 Å². The second kappa shape index (κ2) is 39.6. The van der Waals surface area contributed by atoms with Gasteiger partial charge < -0.3 is 15.3 Å². The fraction of sp³-hybridized carbons (Fsp3) is 0.933. The maximum atomic E-state index is 13.4. The van der Waals surface area contributed by atoms with Gasteiger partial charge in [-0.1, -0.05) is 213 Å². The summed E-state index contributed by atoms with van der Waals surface area (Å²) in [4.78, 5) is 39.9. The number of carboxylic acid groups (broad SMARTS) is 1. The molecule has 302 valence electrons. The van der Waals surface area contributed by atoms with Crippen LogP contribution in [0.25, 0.3) is 0 Å². The Morgan fingerprint density at radius 2 is 0.725 bits per heavy atom. The van der Waals surface area contributed by atoms with Crippen molar-refractivity contribution in [2.24, 2.45) is 0 Å². The lowest BCUT2D eigenvalue weighted by Crippen LogP contribution is -2.42. The summed E-state index contributed by atoms with van der Waals surface area (Å²) in [6.07, 6.45) is 42.3. The molecule has 6 heteroatoms. The number of nitrogens with zero attached hydrogens (tertiary/aromatic N) is 1. The van der Waals surface area contributed by atoms with Gasteiger partial charge in [0.2, 0.25) is 11.8 Å². The number of rotatable bonds is 41. The molecule has 0 aromatic rings. The molecule has 1 atom stereocenters. The van der Waals surface area contributed by atoms with Crippen LogP contribution < -0.4 is 5.32 Å². The van der Waals surface area contributed by atoms with E-state index in [-0.39, 0.29) is 24.7 Å². The number of unbranched alkanes of at least 4 members (excludes halogenated alkanes) is 30. The number of carbonyl (C=O) groups excluding carboxylic acids is 2. The molecule has 51 heavy (non-hydrogen) atoms. The summed E-state index contributed by atoms with van der Waals surface area (Å²) >= 11 is 0. The van der Waals surface area contributed by atoms with Crippen molar-refractivity contribution < 1.29 is 19.5 Å².